The van der Waals surface area contributed by atoms with Gasteiger partial charge in [-0.1, -0.05) is 6.07 Å². The van der Waals surface area contributed by atoms with Crippen LogP contribution in [0.25, 0.3) is 0 Å². The van der Waals surface area contributed by atoms with Crippen molar-refractivity contribution in [1.82, 2.24) is 4.98 Å². The summed E-state index contributed by atoms with van der Waals surface area (Å²) in [6.07, 6.45) is 2.57. The molecular weight excluding hydrogens is 300 g/mol. The topological polar surface area (TPSA) is 71.1 Å². The molecule has 1 aromatic carbocycles. The van der Waals surface area contributed by atoms with E-state index in [2.05, 4.69) is 10.3 Å². The van der Waals surface area contributed by atoms with Gasteiger partial charge in [0, 0.05) is 18.9 Å². The Morgan fingerprint density at radius 1 is 1.19 bits per heavy atom. The number of hydrogen-bond donors (Lipinski definition) is 2. The van der Waals surface area contributed by atoms with Gasteiger partial charge in [0.2, 0.25) is 0 Å². The molecule has 21 heavy (non-hydrogen) atoms. The van der Waals surface area contributed by atoms with E-state index in [4.69, 9.17) is 0 Å². The van der Waals surface area contributed by atoms with Crippen molar-refractivity contribution in [3.8, 4) is 0 Å². The number of nitrogens with zero attached hydrogens (tertiary/aromatic N) is 1. The highest BCUT2D eigenvalue weighted by Crippen LogP contribution is 2.24. The highest BCUT2D eigenvalue weighted by Gasteiger charge is 2.21. The molecule has 1 heterocycles. The molecule has 1 aromatic heterocycles. The molecule has 0 saturated heterocycles. The number of anilines is 2. The maximum absolute atomic E-state index is 13.6. The van der Waals surface area contributed by atoms with Crippen molar-refractivity contribution in [2.75, 3.05) is 16.6 Å². The van der Waals surface area contributed by atoms with Crippen LogP contribution in [0.1, 0.15) is 6.92 Å². The van der Waals surface area contributed by atoms with E-state index < -0.39 is 27.3 Å². The molecule has 5 nitrogen and oxygen atoms in total. The number of rotatable bonds is 5. The normalized spacial score (nSPS) is 11.2. The summed E-state index contributed by atoms with van der Waals surface area (Å²) in [7, 11) is -4.09. The van der Waals surface area contributed by atoms with Crippen LogP contribution in [-0.4, -0.2) is 19.9 Å². The van der Waals surface area contributed by atoms with Crippen LogP contribution in [0.3, 0.4) is 0 Å². The maximum atomic E-state index is 13.6. The minimum atomic E-state index is -4.09. The van der Waals surface area contributed by atoms with Crippen LogP contribution in [0.5, 0.6) is 0 Å². The van der Waals surface area contributed by atoms with Crippen LogP contribution in [-0.2, 0) is 10.0 Å². The average Bonchev–Trinajstić information content (AvgIpc) is 2.44. The number of aromatic nitrogens is 1. The molecule has 0 atom stereocenters. The van der Waals surface area contributed by atoms with E-state index in [0.717, 1.165) is 18.3 Å². The van der Waals surface area contributed by atoms with Gasteiger partial charge in [0.25, 0.3) is 10.0 Å². The fourth-order valence-corrected chi connectivity index (χ4v) is 2.90. The first-order valence-corrected chi connectivity index (χ1v) is 7.58. The van der Waals surface area contributed by atoms with Crippen LogP contribution in [0.4, 0.5) is 20.2 Å². The molecule has 0 spiro atoms. The summed E-state index contributed by atoms with van der Waals surface area (Å²) in [5.74, 6) is -2.39. The van der Waals surface area contributed by atoms with Gasteiger partial charge < -0.3 is 5.32 Å². The lowest BCUT2D eigenvalue weighted by Crippen LogP contribution is -2.16. The number of pyridine rings is 1. The molecule has 0 aliphatic rings. The predicted molar refractivity (Wildman–Crippen MR) is 75.6 cm³/mol. The Bertz CT molecular complexity index is 751. The quantitative estimate of drug-likeness (QED) is 0.890. The molecule has 2 rings (SSSR count). The molecule has 2 N–H and O–H groups in total. The molecule has 8 heteroatoms. The molecule has 0 amide bonds. The molecule has 0 saturated carbocycles. The molecule has 0 aliphatic heterocycles. The third-order valence-corrected chi connectivity index (χ3v) is 4.03. The van der Waals surface area contributed by atoms with E-state index in [0.29, 0.717) is 12.2 Å². The van der Waals surface area contributed by atoms with Gasteiger partial charge in [-0.05, 0) is 25.1 Å². The van der Waals surface area contributed by atoms with Gasteiger partial charge in [0.05, 0.1) is 11.4 Å². The third kappa shape index (κ3) is 3.27. The summed E-state index contributed by atoms with van der Waals surface area (Å²) in [5, 5.41) is 2.87. The van der Waals surface area contributed by atoms with E-state index in [9.17, 15) is 17.2 Å². The molecule has 112 valence electrons. The Morgan fingerprint density at radius 2 is 1.95 bits per heavy atom. The van der Waals surface area contributed by atoms with E-state index in [-0.39, 0.29) is 4.90 Å². The Labute approximate surface area is 121 Å². The zero-order valence-corrected chi connectivity index (χ0v) is 11.9. The molecule has 0 fully saturated rings. The first kappa shape index (κ1) is 15.2. The van der Waals surface area contributed by atoms with Gasteiger partial charge in [-0.25, -0.2) is 17.2 Å². The maximum Gasteiger partial charge on any atom is 0.265 e. The van der Waals surface area contributed by atoms with Crippen LogP contribution in [0.15, 0.2) is 41.6 Å². The van der Waals surface area contributed by atoms with Gasteiger partial charge in [-0.2, -0.15) is 0 Å². The second-order valence-corrected chi connectivity index (χ2v) is 5.76. The van der Waals surface area contributed by atoms with E-state index >= 15 is 0 Å². The second kappa shape index (κ2) is 6.04. The summed E-state index contributed by atoms with van der Waals surface area (Å²) in [6.45, 7) is 2.30. The highest BCUT2D eigenvalue weighted by molar-refractivity contribution is 7.92. The van der Waals surface area contributed by atoms with Gasteiger partial charge >= 0.3 is 0 Å². The van der Waals surface area contributed by atoms with Crippen LogP contribution in [0.2, 0.25) is 0 Å². The van der Waals surface area contributed by atoms with Crippen molar-refractivity contribution < 1.29 is 17.2 Å². The molecule has 0 bridgehead atoms. The Balaban J connectivity index is 2.41. The molecule has 0 aliphatic carbocycles. The summed E-state index contributed by atoms with van der Waals surface area (Å²) >= 11 is 0. The Morgan fingerprint density at radius 3 is 2.67 bits per heavy atom. The van der Waals surface area contributed by atoms with Gasteiger partial charge in [-0.3, -0.25) is 9.71 Å². The SMILES string of the molecule is CCNc1ccncc1S(=O)(=O)Nc1cccc(F)c1F. The smallest absolute Gasteiger partial charge is 0.265 e. The average molecular weight is 313 g/mol. The fraction of sp³-hybridized carbons (Fsp3) is 0.154. The second-order valence-electron chi connectivity index (χ2n) is 4.11. The first-order valence-electron chi connectivity index (χ1n) is 6.10. The van der Waals surface area contributed by atoms with Gasteiger partial charge in [-0.15, -0.1) is 0 Å². The van der Waals surface area contributed by atoms with Crippen molar-refractivity contribution >= 4 is 21.4 Å². The summed E-state index contributed by atoms with van der Waals surface area (Å²) < 4.78 is 53.3. The zero-order chi connectivity index (χ0) is 15.5. The number of nitrogens with one attached hydrogen (secondary N) is 2. The van der Waals surface area contributed by atoms with E-state index in [1.165, 1.54) is 18.3 Å². The van der Waals surface area contributed by atoms with E-state index in [1.54, 1.807) is 6.92 Å². The lowest BCUT2D eigenvalue weighted by Gasteiger charge is -2.13. The number of benzene rings is 1. The van der Waals surface area contributed by atoms with Crippen molar-refractivity contribution in [3.63, 3.8) is 0 Å². The molecule has 0 radical (unpaired) electrons. The van der Waals surface area contributed by atoms with Gasteiger partial charge in [0.15, 0.2) is 11.6 Å². The number of hydrogen-bond acceptors (Lipinski definition) is 4. The summed E-state index contributed by atoms with van der Waals surface area (Å²) in [6, 6.07) is 4.74. The lowest BCUT2D eigenvalue weighted by atomic mass is 10.3. The van der Waals surface area contributed by atoms with Crippen molar-refractivity contribution in [2.24, 2.45) is 0 Å². The molecular formula is C13H13F2N3O2S. The minimum Gasteiger partial charge on any atom is -0.384 e. The minimum absolute atomic E-state index is 0.143. The highest BCUT2D eigenvalue weighted by atomic mass is 32.2. The zero-order valence-electron chi connectivity index (χ0n) is 11.1. The number of halogens is 2. The van der Waals surface area contributed by atoms with E-state index in [1.807, 2.05) is 4.72 Å². The largest absolute Gasteiger partial charge is 0.384 e. The first-order chi connectivity index (χ1) is 9.95. The summed E-state index contributed by atoms with van der Waals surface area (Å²) in [4.78, 5) is 3.61. The van der Waals surface area contributed by atoms with Crippen molar-refractivity contribution in [2.45, 2.75) is 11.8 Å². The summed E-state index contributed by atoms with van der Waals surface area (Å²) in [5.41, 5.74) is -0.127. The van der Waals surface area contributed by atoms with Crippen LogP contribution in [0, 0.1) is 11.6 Å². The Kier molecular flexibility index (Phi) is 4.37. The lowest BCUT2D eigenvalue weighted by molar-refractivity contribution is 0.511. The van der Waals surface area contributed by atoms with Crippen molar-refractivity contribution in [1.29, 1.82) is 0 Å². The third-order valence-electron chi connectivity index (χ3n) is 2.64. The van der Waals surface area contributed by atoms with Crippen molar-refractivity contribution in [3.05, 3.63) is 48.3 Å². The van der Waals surface area contributed by atoms with Crippen LogP contribution >= 0.6 is 0 Å². The predicted octanol–water partition coefficient (Wildman–Crippen LogP) is 2.59. The van der Waals surface area contributed by atoms with Crippen LogP contribution < -0.4 is 10.0 Å². The fourth-order valence-electron chi connectivity index (χ4n) is 1.71. The van der Waals surface area contributed by atoms with Gasteiger partial charge in [0.1, 0.15) is 4.90 Å². The Hall–Kier alpha value is -2.22. The molecule has 2 aromatic rings. The monoisotopic (exact) mass is 313 g/mol. The molecule has 0 unspecified atom stereocenters. The standard InChI is InChI=1S/C13H13F2N3O2S/c1-2-17-10-6-7-16-8-12(10)21(19,20)18-11-5-3-4-9(14)13(11)15/h3-8,18H,2H2,1H3,(H,16,17). The number of sulfonamides is 1.